The number of carbonyl (C=O) groups excluding carboxylic acids is 2. The van der Waals surface area contributed by atoms with E-state index >= 15 is 0 Å². The van der Waals surface area contributed by atoms with Gasteiger partial charge in [-0.1, -0.05) is 28.1 Å². The van der Waals surface area contributed by atoms with E-state index in [9.17, 15) is 9.59 Å². The number of ether oxygens (including phenoxy) is 1. The average Bonchev–Trinajstić information content (AvgIpc) is 3.25. The van der Waals surface area contributed by atoms with Gasteiger partial charge in [0.1, 0.15) is 18.0 Å². The number of hydrogen-bond acceptors (Lipinski definition) is 5. The van der Waals surface area contributed by atoms with E-state index in [2.05, 4.69) is 31.3 Å². The number of aromatic nitrogens is 3. The van der Waals surface area contributed by atoms with Crippen LogP contribution < -0.4 is 5.32 Å². The van der Waals surface area contributed by atoms with Gasteiger partial charge in [0.05, 0.1) is 6.54 Å². The SMILES string of the molecule is CC(C)(C)OC(=O)N1CCCC1C(=O)Nc1ncn(Cc2ccc(Br)cc2)n1. The molecule has 0 saturated carbocycles. The number of carbonyl (C=O) groups is 2. The molecule has 1 aliphatic rings. The van der Waals surface area contributed by atoms with E-state index in [0.717, 1.165) is 16.5 Å². The van der Waals surface area contributed by atoms with Gasteiger partial charge in [0.2, 0.25) is 11.9 Å². The predicted octanol–water partition coefficient (Wildman–Crippen LogP) is 3.43. The molecule has 8 nitrogen and oxygen atoms in total. The van der Waals surface area contributed by atoms with Crippen LogP contribution in [0.1, 0.15) is 39.2 Å². The Hall–Kier alpha value is -2.42. The molecule has 0 bridgehead atoms. The van der Waals surface area contributed by atoms with E-state index in [0.29, 0.717) is 19.5 Å². The van der Waals surface area contributed by atoms with Crippen molar-refractivity contribution >= 4 is 33.9 Å². The van der Waals surface area contributed by atoms with Crippen molar-refractivity contribution in [3.8, 4) is 0 Å². The fourth-order valence-corrected chi connectivity index (χ4v) is 3.24. The van der Waals surface area contributed by atoms with Crippen LogP contribution in [0.3, 0.4) is 0 Å². The summed E-state index contributed by atoms with van der Waals surface area (Å²) in [4.78, 5) is 30.6. The maximum atomic E-state index is 12.6. The third-order valence-electron chi connectivity index (χ3n) is 4.21. The first-order chi connectivity index (χ1) is 13.2. The second-order valence-corrected chi connectivity index (χ2v) is 8.63. The van der Waals surface area contributed by atoms with Gasteiger partial charge in [-0.2, -0.15) is 0 Å². The number of likely N-dealkylation sites (tertiary alicyclic amines) is 1. The van der Waals surface area contributed by atoms with Crippen molar-refractivity contribution < 1.29 is 14.3 Å². The maximum absolute atomic E-state index is 12.6. The van der Waals surface area contributed by atoms with Crippen LogP contribution in [-0.2, 0) is 16.1 Å². The van der Waals surface area contributed by atoms with E-state index in [1.165, 1.54) is 4.90 Å². The van der Waals surface area contributed by atoms with Crippen molar-refractivity contribution in [2.75, 3.05) is 11.9 Å². The molecule has 1 aliphatic heterocycles. The van der Waals surface area contributed by atoms with Crippen LogP contribution in [0, 0.1) is 0 Å². The highest BCUT2D eigenvalue weighted by Crippen LogP contribution is 2.22. The third-order valence-corrected chi connectivity index (χ3v) is 4.74. The van der Waals surface area contributed by atoms with E-state index in [4.69, 9.17) is 4.74 Å². The molecule has 0 radical (unpaired) electrons. The Morgan fingerprint density at radius 1 is 1.29 bits per heavy atom. The lowest BCUT2D eigenvalue weighted by Gasteiger charge is -2.27. The van der Waals surface area contributed by atoms with Crippen molar-refractivity contribution in [1.29, 1.82) is 0 Å². The Kier molecular flexibility index (Phi) is 6.02. The lowest BCUT2D eigenvalue weighted by Crippen LogP contribution is -2.45. The van der Waals surface area contributed by atoms with Gasteiger partial charge in [-0.15, -0.1) is 5.10 Å². The summed E-state index contributed by atoms with van der Waals surface area (Å²) in [5.74, 6) is -0.0806. The highest BCUT2D eigenvalue weighted by molar-refractivity contribution is 9.10. The molecule has 1 fully saturated rings. The first-order valence-corrected chi connectivity index (χ1v) is 9.95. The van der Waals surface area contributed by atoms with Crippen LogP contribution in [0.5, 0.6) is 0 Å². The van der Waals surface area contributed by atoms with E-state index in [-0.39, 0.29) is 11.9 Å². The number of nitrogens with zero attached hydrogens (tertiary/aromatic N) is 4. The number of halogens is 1. The minimum absolute atomic E-state index is 0.221. The molecule has 1 aromatic heterocycles. The zero-order valence-electron chi connectivity index (χ0n) is 16.2. The summed E-state index contributed by atoms with van der Waals surface area (Å²) >= 11 is 3.41. The summed E-state index contributed by atoms with van der Waals surface area (Å²) in [6, 6.07) is 7.32. The minimum Gasteiger partial charge on any atom is -0.444 e. The molecule has 1 saturated heterocycles. The van der Waals surface area contributed by atoms with Gasteiger partial charge < -0.3 is 4.74 Å². The van der Waals surface area contributed by atoms with Crippen LogP contribution in [0.2, 0.25) is 0 Å². The molecule has 1 aromatic carbocycles. The van der Waals surface area contributed by atoms with Gasteiger partial charge in [0, 0.05) is 11.0 Å². The molecule has 28 heavy (non-hydrogen) atoms. The Bertz CT molecular complexity index is 844. The fourth-order valence-electron chi connectivity index (χ4n) is 2.98. The third kappa shape index (κ3) is 5.31. The molecule has 150 valence electrons. The molecular formula is C19H24BrN5O3. The quantitative estimate of drug-likeness (QED) is 0.771. The molecule has 9 heteroatoms. The first-order valence-electron chi connectivity index (χ1n) is 9.16. The predicted molar refractivity (Wildman–Crippen MR) is 108 cm³/mol. The van der Waals surface area contributed by atoms with Gasteiger partial charge in [0.25, 0.3) is 0 Å². The molecule has 0 spiro atoms. The van der Waals surface area contributed by atoms with E-state index in [1.54, 1.807) is 31.8 Å². The van der Waals surface area contributed by atoms with Crippen molar-refractivity contribution in [2.24, 2.45) is 0 Å². The largest absolute Gasteiger partial charge is 0.444 e. The molecular weight excluding hydrogens is 426 g/mol. The average molecular weight is 450 g/mol. The molecule has 3 rings (SSSR count). The van der Waals surface area contributed by atoms with E-state index < -0.39 is 17.7 Å². The Labute approximate surface area is 172 Å². The van der Waals surface area contributed by atoms with Crippen LogP contribution in [0.25, 0.3) is 0 Å². The molecule has 2 aromatic rings. The van der Waals surface area contributed by atoms with Crippen LogP contribution >= 0.6 is 15.9 Å². The first kappa shape index (κ1) is 20.3. The summed E-state index contributed by atoms with van der Waals surface area (Å²) in [7, 11) is 0. The number of amides is 2. The lowest BCUT2D eigenvalue weighted by molar-refractivity contribution is -0.120. The summed E-state index contributed by atoms with van der Waals surface area (Å²) in [5.41, 5.74) is 0.464. The molecule has 0 aliphatic carbocycles. The summed E-state index contributed by atoms with van der Waals surface area (Å²) < 4.78 is 8.06. The van der Waals surface area contributed by atoms with Crippen molar-refractivity contribution in [1.82, 2.24) is 19.7 Å². The number of hydrogen-bond donors (Lipinski definition) is 1. The maximum Gasteiger partial charge on any atom is 0.410 e. The number of nitrogens with one attached hydrogen (secondary N) is 1. The van der Waals surface area contributed by atoms with Gasteiger partial charge in [-0.05, 0) is 51.3 Å². The molecule has 1 atom stereocenters. The van der Waals surface area contributed by atoms with Gasteiger partial charge in [0.15, 0.2) is 0 Å². The van der Waals surface area contributed by atoms with Crippen molar-refractivity contribution in [3.63, 3.8) is 0 Å². The van der Waals surface area contributed by atoms with Gasteiger partial charge in [-0.3, -0.25) is 15.0 Å². The number of anilines is 1. The summed E-state index contributed by atoms with van der Waals surface area (Å²) in [5, 5.41) is 7.00. The molecule has 1 N–H and O–H groups in total. The number of rotatable bonds is 4. The lowest BCUT2D eigenvalue weighted by atomic mass is 10.2. The van der Waals surface area contributed by atoms with Crippen LogP contribution in [0.4, 0.5) is 10.7 Å². The summed E-state index contributed by atoms with van der Waals surface area (Å²) in [6.07, 6.45) is 2.43. The van der Waals surface area contributed by atoms with Crippen LogP contribution in [0.15, 0.2) is 35.1 Å². The van der Waals surface area contributed by atoms with Crippen LogP contribution in [-0.4, -0.2) is 49.9 Å². The normalized spacial score (nSPS) is 16.9. The van der Waals surface area contributed by atoms with Crippen molar-refractivity contribution in [3.05, 3.63) is 40.6 Å². The zero-order valence-corrected chi connectivity index (χ0v) is 17.8. The Morgan fingerprint density at radius 2 is 2.00 bits per heavy atom. The highest BCUT2D eigenvalue weighted by atomic mass is 79.9. The van der Waals surface area contributed by atoms with Crippen molar-refractivity contribution in [2.45, 2.75) is 51.8 Å². The van der Waals surface area contributed by atoms with Gasteiger partial charge >= 0.3 is 6.09 Å². The number of benzene rings is 1. The Morgan fingerprint density at radius 3 is 2.68 bits per heavy atom. The summed E-state index contributed by atoms with van der Waals surface area (Å²) in [6.45, 7) is 6.45. The monoisotopic (exact) mass is 449 g/mol. The molecule has 2 heterocycles. The van der Waals surface area contributed by atoms with Gasteiger partial charge in [-0.25, -0.2) is 14.5 Å². The van der Waals surface area contributed by atoms with E-state index in [1.807, 2.05) is 24.3 Å². The second-order valence-electron chi connectivity index (χ2n) is 7.71. The topological polar surface area (TPSA) is 89.4 Å². The Balaban J connectivity index is 1.60. The fraction of sp³-hybridized carbons (Fsp3) is 0.474. The highest BCUT2D eigenvalue weighted by Gasteiger charge is 2.36. The molecule has 1 unspecified atom stereocenters. The zero-order chi connectivity index (χ0) is 20.3. The standard InChI is InChI=1S/C19H24BrN5O3/c1-19(2,3)28-18(27)25-10-4-5-15(25)16(26)22-17-21-12-24(23-17)11-13-6-8-14(20)9-7-13/h6-9,12,15H,4-5,10-11H2,1-3H3,(H,22,23,26). The smallest absolute Gasteiger partial charge is 0.410 e. The second kappa shape index (κ2) is 8.30. The minimum atomic E-state index is -0.603. The molecule has 2 amide bonds.